The van der Waals surface area contributed by atoms with Gasteiger partial charge in [-0.1, -0.05) is 5.10 Å². The van der Waals surface area contributed by atoms with Crippen molar-refractivity contribution in [3.8, 4) is 0 Å². The highest BCUT2D eigenvalue weighted by Crippen LogP contribution is 2.36. The molecule has 0 aromatic carbocycles. The van der Waals surface area contributed by atoms with E-state index in [9.17, 15) is 9.90 Å². The van der Waals surface area contributed by atoms with Crippen molar-refractivity contribution in [1.82, 2.24) is 20.2 Å². The van der Waals surface area contributed by atoms with Crippen molar-refractivity contribution in [3.63, 3.8) is 0 Å². The molecule has 0 bridgehead atoms. The zero-order valence-electron chi connectivity index (χ0n) is 9.59. The first-order chi connectivity index (χ1) is 7.37. The van der Waals surface area contributed by atoms with Crippen LogP contribution in [-0.2, 0) is 10.3 Å². The van der Waals surface area contributed by atoms with Crippen LogP contribution in [0.5, 0.6) is 0 Å². The van der Waals surface area contributed by atoms with Gasteiger partial charge in [0.05, 0.1) is 11.1 Å². The molecule has 0 radical (unpaired) electrons. The molecule has 0 amide bonds. The zero-order valence-corrected chi connectivity index (χ0v) is 9.59. The second kappa shape index (κ2) is 3.03. The molecule has 1 N–H and O–H groups in total. The molecule has 2 heterocycles. The van der Waals surface area contributed by atoms with E-state index in [0.717, 1.165) is 0 Å². The average Bonchev–Trinajstić information content (AvgIpc) is 2.62. The lowest BCUT2D eigenvalue weighted by Gasteiger charge is -2.36. The summed E-state index contributed by atoms with van der Waals surface area (Å²) in [6, 6.07) is 0. The van der Waals surface area contributed by atoms with E-state index in [1.54, 1.807) is 32.7 Å². The van der Waals surface area contributed by atoms with E-state index < -0.39 is 11.5 Å². The fourth-order valence-electron chi connectivity index (χ4n) is 2.04. The molecule has 2 rings (SSSR count). The van der Waals surface area contributed by atoms with Crippen molar-refractivity contribution in [3.05, 3.63) is 11.3 Å². The summed E-state index contributed by atoms with van der Waals surface area (Å²) < 4.78 is 1.52. The van der Waals surface area contributed by atoms with Crippen LogP contribution in [-0.4, -0.2) is 38.3 Å². The van der Waals surface area contributed by atoms with Gasteiger partial charge in [-0.15, -0.1) is 0 Å². The fraction of sp³-hybridized carbons (Fsp3) is 0.556. The minimum absolute atomic E-state index is 0.301. The highest BCUT2D eigenvalue weighted by molar-refractivity contribution is 5.91. The van der Waals surface area contributed by atoms with Gasteiger partial charge in [-0.25, -0.2) is 9.48 Å². The molecule has 0 aliphatic carbocycles. The lowest BCUT2D eigenvalue weighted by molar-refractivity contribution is -0.133. The highest BCUT2D eigenvalue weighted by atomic mass is 16.4. The Balaban J connectivity index is 2.71. The van der Waals surface area contributed by atoms with Gasteiger partial charge in [0.25, 0.3) is 0 Å². The van der Waals surface area contributed by atoms with Gasteiger partial charge in [0.2, 0.25) is 5.95 Å². The molecule has 7 nitrogen and oxygen atoms in total. The van der Waals surface area contributed by atoms with Gasteiger partial charge < -0.3 is 10.0 Å². The number of aromatic nitrogens is 4. The fourth-order valence-corrected chi connectivity index (χ4v) is 2.04. The van der Waals surface area contributed by atoms with Crippen LogP contribution in [0.2, 0.25) is 0 Å². The standard InChI is InChI=1S/C9H13N5O2/c1-5-6(7(15)16)9(2,3)14-8(13(5)4)10-11-12-14/h1-4H3,(H,15,16). The van der Waals surface area contributed by atoms with Crippen LogP contribution >= 0.6 is 0 Å². The predicted molar refractivity (Wildman–Crippen MR) is 55.9 cm³/mol. The zero-order chi connectivity index (χ0) is 12.1. The summed E-state index contributed by atoms with van der Waals surface area (Å²) in [6.07, 6.45) is 0. The molecular weight excluding hydrogens is 210 g/mol. The number of hydrogen-bond donors (Lipinski definition) is 1. The Morgan fingerprint density at radius 1 is 1.44 bits per heavy atom. The minimum atomic E-state index is -0.949. The van der Waals surface area contributed by atoms with E-state index in [4.69, 9.17) is 0 Å². The molecule has 16 heavy (non-hydrogen) atoms. The van der Waals surface area contributed by atoms with Gasteiger partial charge in [0.15, 0.2) is 0 Å². The molecule has 1 aliphatic heterocycles. The number of carboxylic acids is 1. The SMILES string of the molecule is CC1=C(C(=O)O)C(C)(C)n2nnnc2N1C. The van der Waals surface area contributed by atoms with Gasteiger partial charge >= 0.3 is 5.97 Å². The Hall–Kier alpha value is -1.92. The Kier molecular flexibility index (Phi) is 2.01. The largest absolute Gasteiger partial charge is 0.478 e. The predicted octanol–water partition coefficient (Wildman–Crippen LogP) is 0.217. The smallest absolute Gasteiger partial charge is 0.335 e. The van der Waals surface area contributed by atoms with Crippen molar-refractivity contribution in [1.29, 1.82) is 0 Å². The van der Waals surface area contributed by atoms with Crippen LogP contribution in [0.15, 0.2) is 11.3 Å². The maximum atomic E-state index is 11.3. The number of fused-ring (bicyclic) bond motifs is 1. The molecule has 1 aromatic rings. The quantitative estimate of drug-likeness (QED) is 0.733. The molecule has 0 spiro atoms. The summed E-state index contributed by atoms with van der Waals surface area (Å²) in [4.78, 5) is 13.0. The first-order valence-corrected chi connectivity index (χ1v) is 4.84. The van der Waals surface area contributed by atoms with E-state index in [2.05, 4.69) is 15.5 Å². The van der Waals surface area contributed by atoms with Gasteiger partial charge in [-0.3, -0.25) is 0 Å². The number of nitrogens with zero attached hydrogens (tertiary/aromatic N) is 5. The molecule has 86 valence electrons. The summed E-state index contributed by atoms with van der Waals surface area (Å²) in [6.45, 7) is 5.32. The van der Waals surface area contributed by atoms with Crippen LogP contribution < -0.4 is 4.90 Å². The monoisotopic (exact) mass is 223 g/mol. The summed E-state index contributed by atoms with van der Waals surface area (Å²) in [5, 5.41) is 20.6. The number of aliphatic carboxylic acids is 1. The van der Waals surface area contributed by atoms with E-state index in [1.807, 2.05) is 0 Å². The number of hydrogen-bond acceptors (Lipinski definition) is 5. The summed E-state index contributed by atoms with van der Waals surface area (Å²) in [5.41, 5.74) is 0.205. The van der Waals surface area contributed by atoms with Gasteiger partial charge in [0.1, 0.15) is 0 Å². The Labute approximate surface area is 92.4 Å². The number of tetrazole rings is 1. The molecular formula is C9H13N5O2. The molecule has 0 saturated heterocycles. The Bertz CT molecular complexity index is 488. The maximum Gasteiger partial charge on any atom is 0.335 e. The number of carboxylic acid groups (broad SMARTS) is 1. The average molecular weight is 223 g/mol. The van der Waals surface area contributed by atoms with Crippen LogP contribution in [0.4, 0.5) is 5.95 Å². The van der Waals surface area contributed by atoms with Crippen molar-refractivity contribution in [2.24, 2.45) is 0 Å². The highest BCUT2D eigenvalue weighted by Gasteiger charge is 2.41. The van der Waals surface area contributed by atoms with E-state index in [-0.39, 0.29) is 0 Å². The van der Waals surface area contributed by atoms with Gasteiger partial charge in [-0.05, 0) is 31.2 Å². The van der Waals surface area contributed by atoms with E-state index in [0.29, 0.717) is 17.2 Å². The van der Waals surface area contributed by atoms with Crippen LogP contribution in [0.25, 0.3) is 0 Å². The van der Waals surface area contributed by atoms with Gasteiger partial charge in [0, 0.05) is 12.7 Å². The first-order valence-electron chi connectivity index (χ1n) is 4.84. The van der Waals surface area contributed by atoms with E-state index in [1.165, 1.54) is 4.68 Å². The van der Waals surface area contributed by atoms with Crippen LogP contribution in [0.1, 0.15) is 20.8 Å². The number of rotatable bonds is 1. The molecule has 0 fully saturated rings. The summed E-state index contributed by atoms with van der Waals surface area (Å²) >= 11 is 0. The molecule has 1 aromatic heterocycles. The number of carbonyl (C=O) groups is 1. The van der Waals surface area contributed by atoms with Crippen LogP contribution in [0.3, 0.4) is 0 Å². The van der Waals surface area contributed by atoms with E-state index >= 15 is 0 Å². The maximum absolute atomic E-state index is 11.3. The summed E-state index contributed by atoms with van der Waals surface area (Å²) in [7, 11) is 1.75. The second-order valence-corrected chi connectivity index (χ2v) is 4.27. The van der Waals surface area contributed by atoms with Gasteiger partial charge in [-0.2, -0.15) is 0 Å². The third-order valence-corrected chi connectivity index (χ3v) is 2.97. The molecule has 0 saturated carbocycles. The van der Waals surface area contributed by atoms with Crippen molar-refractivity contribution in [2.45, 2.75) is 26.3 Å². The summed E-state index contributed by atoms with van der Waals surface area (Å²) in [5.74, 6) is -0.400. The van der Waals surface area contributed by atoms with Crippen molar-refractivity contribution in [2.75, 3.05) is 11.9 Å². The van der Waals surface area contributed by atoms with Crippen molar-refractivity contribution >= 4 is 11.9 Å². The molecule has 7 heteroatoms. The van der Waals surface area contributed by atoms with Crippen molar-refractivity contribution < 1.29 is 9.90 Å². The lowest BCUT2D eigenvalue weighted by atomic mass is 9.90. The minimum Gasteiger partial charge on any atom is -0.478 e. The number of allylic oxidation sites excluding steroid dienone is 1. The molecule has 1 aliphatic rings. The second-order valence-electron chi connectivity index (χ2n) is 4.27. The Morgan fingerprint density at radius 3 is 2.62 bits per heavy atom. The third kappa shape index (κ3) is 1.14. The first kappa shape index (κ1) is 10.6. The number of anilines is 1. The molecule has 0 atom stereocenters. The van der Waals surface area contributed by atoms with Crippen LogP contribution in [0, 0.1) is 0 Å². The topological polar surface area (TPSA) is 84.1 Å². The Morgan fingerprint density at radius 2 is 2.06 bits per heavy atom. The lowest BCUT2D eigenvalue weighted by Crippen LogP contribution is -2.42. The third-order valence-electron chi connectivity index (χ3n) is 2.97. The normalized spacial score (nSPS) is 18.6. The molecule has 0 unspecified atom stereocenters.